The normalized spacial score (nSPS) is 23.7. The molecule has 30 heavy (non-hydrogen) atoms. The van der Waals surface area contributed by atoms with Gasteiger partial charge in [0.05, 0.1) is 0 Å². The fourth-order valence-corrected chi connectivity index (χ4v) is 4.48. The van der Waals surface area contributed by atoms with Crippen LogP contribution in [-0.2, 0) is 25.5 Å². The minimum Gasteiger partial charge on any atom is -0.450 e. The maximum absolute atomic E-state index is 13.4. The fraction of sp³-hybridized carbons (Fsp3) is 0.625. The van der Waals surface area contributed by atoms with E-state index in [1.165, 1.54) is 11.3 Å². The number of carbonyl (C=O) groups is 3. The van der Waals surface area contributed by atoms with Gasteiger partial charge in [-0.05, 0) is 31.7 Å². The SMILES string of the molecule is CCCCC(C(=O)NC1CCCCC1)N1C(=O)[C@H](Cc2ccccc2)OC(=O)[C@@H]1C. The standard InChI is InChI=1S/C24H34N2O4/c1-3-4-15-20(22(27)25-19-13-9-6-10-14-19)26-17(2)24(29)30-21(23(26)28)16-18-11-7-5-8-12-18/h5,7-8,11-12,17,19-21H,3-4,6,9-10,13-16H2,1-2H3,(H,25,27)/t17-,20?,21-/m0/s1. The van der Waals surface area contributed by atoms with Crippen LogP contribution in [0.2, 0.25) is 0 Å². The van der Waals surface area contributed by atoms with Crippen LogP contribution in [0.5, 0.6) is 0 Å². The molecule has 1 saturated carbocycles. The first kappa shape index (κ1) is 22.3. The number of morpholine rings is 1. The Balaban J connectivity index is 1.78. The molecular weight excluding hydrogens is 380 g/mol. The Labute approximate surface area is 179 Å². The third kappa shape index (κ3) is 5.41. The average molecular weight is 415 g/mol. The zero-order valence-corrected chi connectivity index (χ0v) is 18.1. The highest BCUT2D eigenvalue weighted by molar-refractivity contribution is 5.96. The molecule has 2 fully saturated rings. The highest BCUT2D eigenvalue weighted by atomic mass is 16.6. The van der Waals surface area contributed by atoms with Gasteiger partial charge in [-0.25, -0.2) is 4.79 Å². The summed E-state index contributed by atoms with van der Waals surface area (Å²) in [5.41, 5.74) is 0.926. The van der Waals surface area contributed by atoms with Gasteiger partial charge in [0, 0.05) is 12.5 Å². The fourth-order valence-electron chi connectivity index (χ4n) is 4.48. The van der Waals surface area contributed by atoms with Crippen LogP contribution in [0.15, 0.2) is 30.3 Å². The zero-order chi connectivity index (χ0) is 21.5. The molecule has 164 valence electrons. The molecule has 6 nitrogen and oxygen atoms in total. The molecule has 1 aromatic rings. The predicted molar refractivity (Wildman–Crippen MR) is 115 cm³/mol. The molecule has 0 aromatic heterocycles. The van der Waals surface area contributed by atoms with Gasteiger partial charge in [0.15, 0.2) is 6.10 Å². The van der Waals surface area contributed by atoms with Gasteiger partial charge < -0.3 is 15.0 Å². The Hall–Kier alpha value is -2.37. The molecule has 2 amide bonds. The molecule has 6 heteroatoms. The Kier molecular flexibility index (Phi) is 7.88. The van der Waals surface area contributed by atoms with Crippen LogP contribution in [-0.4, -0.2) is 46.9 Å². The predicted octanol–water partition coefficient (Wildman–Crippen LogP) is 3.38. The van der Waals surface area contributed by atoms with Gasteiger partial charge in [0.2, 0.25) is 5.91 Å². The van der Waals surface area contributed by atoms with Crippen molar-refractivity contribution in [3.05, 3.63) is 35.9 Å². The van der Waals surface area contributed by atoms with Crippen LogP contribution < -0.4 is 5.32 Å². The lowest BCUT2D eigenvalue weighted by molar-refractivity contribution is -0.181. The molecule has 0 bridgehead atoms. The largest absolute Gasteiger partial charge is 0.450 e. The number of hydrogen-bond donors (Lipinski definition) is 1. The van der Waals surface area contributed by atoms with Crippen molar-refractivity contribution in [3.8, 4) is 0 Å². The van der Waals surface area contributed by atoms with Gasteiger partial charge in [-0.3, -0.25) is 9.59 Å². The van der Waals surface area contributed by atoms with E-state index in [1.54, 1.807) is 6.92 Å². The number of nitrogens with zero attached hydrogens (tertiary/aromatic N) is 1. The van der Waals surface area contributed by atoms with E-state index in [1.807, 2.05) is 30.3 Å². The maximum atomic E-state index is 13.4. The van der Waals surface area contributed by atoms with Crippen LogP contribution in [0.25, 0.3) is 0 Å². The van der Waals surface area contributed by atoms with E-state index >= 15 is 0 Å². The number of amides is 2. The number of esters is 1. The summed E-state index contributed by atoms with van der Waals surface area (Å²) in [6.45, 7) is 3.72. The van der Waals surface area contributed by atoms with Crippen molar-refractivity contribution in [2.24, 2.45) is 0 Å². The van der Waals surface area contributed by atoms with Gasteiger partial charge in [-0.2, -0.15) is 0 Å². The monoisotopic (exact) mass is 414 g/mol. The summed E-state index contributed by atoms with van der Waals surface area (Å²) in [5, 5.41) is 3.16. The smallest absolute Gasteiger partial charge is 0.329 e. The van der Waals surface area contributed by atoms with Crippen molar-refractivity contribution in [3.63, 3.8) is 0 Å². The molecule has 1 saturated heterocycles. The molecule has 3 rings (SSSR count). The number of hydrogen-bond acceptors (Lipinski definition) is 4. The lowest BCUT2D eigenvalue weighted by Gasteiger charge is -2.41. The van der Waals surface area contributed by atoms with Gasteiger partial charge in [-0.15, -0.1) is 0 Å². The van der Waals surface area contributed by atoms with Crippen LogP contribution >= 0.6 is 0 Å². The van der Waals surface area contributed by atoms with E-state index in [-0.39, 0.29) is 17.9 Å². The van der Waals surface area contributed by atoms with Crippen molar-refractivity contribution >= 4 is 17.8 Å². The van der Waals surface area contributed by atoms with Crippen LogP contribution in [0.4, 0.5) is 0 Å². The molecular formula is C24H34N2O4. The van der Waals surface area contributed by atoms with E-state index in [0.717, 1.165) is 44.1 Å². The van der Waals surface area contributed by atoms with Crippen LogP contribution in [0.1, 0.15) is 70.8 Å². The molecule has 1 unspecified atom stereocenters. The summed E-state index contributed by atoms with van der Waals surface area (Å²) in [7, 11) is 0. The molecule has 0 spiro atoms. The number of rotatable bonds is 8. The van der Waals surface area contributed by atoms with Crippen molar-refractivity contribution < 1.29 is 19.1 Å². The van der Waals surface area contributed by atoms with Gasteiger partial charge in [-0.1, -0.05) is 69.4 Å². The summed E-state index contributed by atoms with van der Waals surface area (Å²) in [6, 6.07) is 8.28. The molecule has 1 aliphatic heterocycles. The zero-order valence-electron chi connectivity index (χ0n) is 18.1. The second-order valence-electron chi connectivity index (χ2n) is 8.54. The molecule has 0 radical (unpaired) electrons. The molecule has 1 aliphatic carbocycles. The molecule has 1 aromatic carbocycles. The summed E-state index contributed by atoms with van der Waals surface area (Å²) >= 11 is 0. The molecule has 1 heterocycles. The first-order valence-corrected chi connectivity index (χ1v) is 11.4. The van der Waals surface area contributed by atoms with E-state index in [0.29, 0.717) is 12.8 Å². The highest BCUT2D eigenvalue weighted by Crippen LogP contribution is 2.24. The lowest BCUT2D eigenvalue weighted by atomic mass is 9.94. The third-order valence-electron chi connectivity index (χ3n) is 6.23. The molecule has 3 atom stereocenters. The average Bonchev–Trinajstić information content (AvgIpc) is 2.75. The van der Waals surface area contributed by atoms with E-state index in [9.17, 15) is 14.4 Å². The Morgan fingerprint density at radius 1 is 1.17 bits per heavy atom. The quantitative estimate of drug-likeness (QED) is 0.662. The first-order chi connectivity index (χ1) is 14.5. The minimum atomic E-state index is -0.886. The van der Waals surface area contributed by atoms with Gasteiger partial charge >= 0.3 is 5.97 Å². The molecule has 1 N–H and O–H groups in total. The van der Waals surface area contributed by atoms with Crippen LogP contribution in [0.3, 0.4) is 0 Å². The lowest BCUT2D eigenvalue weighted by Crippen LogP contribution is -2.63. The number of unbranched alkanes of at least 4 members (excludes halogenated alkanes) is 1. The number of carbonyl (C=O) groups excluding carboxylic acids is 3. The number of benzene rings is 1. The van der Waals surface area contributed by atoms with E-state index < -0.39 is 24.2 Å². The Morgan fingerprint density at radius 2 is 1.87 bits per heavy atom. The molecule has 2 aliphatic rings. The summed E-state index contributed by atoms with van der Waals surface area (Å²) < 4.78 is 5.47. The summed E-state index contributed by atoms with van der Waals surface area (Å²) in [4.78, 5) is 40.7. The topological polar surface area (TPSA) is 75.7 Å². The highest BCUT2D eigenvalue weighted by Gasteiger charge is 2.45. The second-order valence-corrected chi connectivity index (χ2v) is 8.54. The van der Waals surface area contributed by atoms with E-state index in [4.69, 9.17) is 4.74 Å². The first-order valence-electron chi connectivity index (χ1n) is 11.4. The maximum Gasteiger partial charge on any atom is 0.329 e. The number of ether oxygens (including phenoxy) is 1. The van der Waals surface area contributed by atoms with Crippen molar-refractivity contribution in [2.75, 3.05) is 0 Å². The van der Waals surface area contributed by atoms with Crippen LogP contribution in [0, 0.1) is 0 Å². The third-order valence-corrected chi connectivity index (χ3v) is 6.23. The van der Waals surface area contributed by atoms with Crippen molar-refractivity contribution in [2.45, 2.75) is 95.9 Å². The Morgan fingerprint density at radius 3 is 2.53 bits per heavy atom. The van der Waals surface area contributed by atoms with Gasteiger partial charge in [0.1, 0.15) is 12.1 Å². The number of nitrogens with one attached hydrogen (secondary N) is 1. The second kappa shape index (κ2) is 10.6. The number of cyclic esters (lactones) is 1. The van der Waals surface area contributed by atoms with E-state index in [2.05, 4.69) is 12.2 Å². The summed E-state index contributed by atoms with van der Waals surface area (Å²) in [5.74, 6) is -0.850. The van der Waals surface area contributed by atoms with Crippen molar-refractivity contribution in [1.29, 1.82) is 0 Å². The van der Waals surface area contributed by atoms with Crippen molar-refractivity contribution in [1.82, 2.24) is 10.2 Å². The summed E-state index contributed by atoms with van der Waals surface area (Å²) in [6.07, 6.45) is 7.13. The van der Waals surface area contributed by atoms with Gasteiger partial charge in [0.25, 0.3) is 5.91 Å². The Bertz CT molecular complexity index is 730. The minimum absolute atomic E-state index is 0.135.